The lowest BCUT2D eigenvalue weighted by Crippen LogP contribution is -2.32. The third-order valence-corrected chi connectivity index (χ3v) is 3.52. The predicted octanol–water partition coefficient (Wildman–Crippen LogP) is 3.59. The Bertz CT molecular complexity index is 191. The molecule has 0 saturated carbocycles. The number of ether oxygens (including phenoxy) is 1. The summed E-state index contributed by atoms with van der Waals surface area (Å²) >= 11 is 4.80. The minimum atomic E-state index is 0.729. The van der Waals surface area contributed by atoms with E-state index < -0.39 is 0 Å². The number of hydrogen-bond donors (Lipinski definition) is 2. The van der Waals surface area contributed by atoms with Gasteiger partial charge in [0.15, 0.2) is 5.11 Å². The summed E-state index contributed by atoms with van der Waals surface area (Å²) in [5, 5.41) is 6.55. The van der Waals surface area contributed by atoms with Crippen LogP contribution in [0.2, 0.25) is 0 Å². The third kappa shape index (κ3) is 13.9. The zero-order valence-corrected chi connectivity index (χ0v) is 14.5. The van der Waals surface area contributed by atoms with Gasteiger partial charge in [-0.25, -0.2) is 0 Å². The molecule has 0 aliphatic carbocycles. The second kappa shape index (κ2) is 15.7. The molecule has 19 heavy (non-hydrogen) atoms. The molecule has 0 amide bonds. The van der Waals surface area contributed by atoms with Crippen LogP contribution in [0, 0.1) is 11.8 Å². The fourth-order valence-electron chi connectivity index (χ4n) is 1.54. The highest BCUT2D eigenvalue weighted by molar-refractivity contribution is 7.80. The van der Waals surface area contributed by atoms with Crippen LogP contribution in [-0.2, 0) is 4.74 Å². The van der Waals surface area contributed by atoms with E-state index in [1.54, 1.807) is 0 Å². The van der Waals surface area contributed by atoms with Crippen molar-refractivity contribution >= 4 is 17.3 Å². The molecule has 1 saturated heterocycles. The van der Waals surface area contributed by atoms with Crippen LogP contribution in [-0.4, -0.2) is 31.9 Å². The summed E-state index contributed by atoms with van der Waals surface area (Å²) in [7, 11) is 1.81. The monoisotopic (exact) mass is 290 g/mol. The van der Waals surface area contributed by atoms with Gasteiger partial charge in [-0.15, -0.1) is 0 Å². The third-order valence-electron chi connectivity index (χ3n) is 3.17. The van der Waals surface area contributed by atoms with E-state index in [4.69, 9.17) is 17.0 Å². The van der Waals surface area contributed by atoms with Gasteiger partial charge in [0.25, 0.3) is 0 Å². The van der Waals surface area contributed by atoms with E-state index in [2.05, 4.69) is 31.4 Å². The molecule has 2 N–H and O–H groups in total. The van der Waals surface area contributed by atoms with Gasteiger partial charge in [0.05, 0.1) is 0 Å². The maximum atomic E-state index is 5.34. The van der Waals surface area contributed by atoms with Crippen molar-refractivity contribution in [2.75, 3.05) is 26.8 Å². The lowest BCUT2D eigenvalue weighted by atomic mass is 9.92. The van der Waals surface area contributed by atoms with Gasteiger partial charge in [0.1, 0.15) is 0 Å². The second-order valence-corrected chi connectivity index (χ2v) is 5.06. The minimum absolute atomic E-state index is 0.729. The Balaban J connectivity index is 0. The van der Waals surface area contributed by atoms with Crippen molar-refractivity contribution in [1.29, 1.82) is 0 Å². The van der Waals surface area contributed by atoms with E-state index in [9.17, 15) is 0 Å². The van der Waals surface area contributed by atoms with Gasteiger partial charge >= 0.3 is 0 Å². The van der Waals surface area contributed by atoms with Crippen LogP contribution >= 0.6 is 12.2 Å². The van der Waals surface area contributed by atoms with Crippen molar-refractivity contribution in [2.45, 2.75) is 53.9 Å². The molecule has 2 atom stereocenters. The molecule has 0 spiro atoms. The Labute approximate surface area is 125 Å². The normalized spacial score (nSPS) is 21.8. The maximum Gasteiger partial charge on any atom is 0.166 e. The molecule has 1 aliphatic heterocycles. The summed E-state index contributed by atoms with van der Waals surface area (Å²) in [6, 6.07) is 0. The molecule has 1 fully saturated rings. The van der Waals surface area contributed by atoms with Crippen LogP contribution in [0.5, 0.6) is 0 Å². The quantitative estimate of drug-likeness (QED) is 0.762. The first-order valence-electron chi connectivity index (χ1n) is 7.65. The van der Waals surface area contributed by atoms with Crippen molar-refractivity contribution in [3.8, 4) is 0 Å². The van der Waals surface area contributed by atoms with Crippen LogP contribution in [0.15, 0.2) is 0 Å². The fourth-order valence-corrected chi connectivity index (χ4v) is 1.64. The van der Waals surface area contributed by atoms with E-state index in [1.807, 2.05) is 20.9 Å². The Morgan fingerprint density at radius 1 is 1.16 bits per heavy atom. The lowest BCUT2D eigenvalue weighted by Gasteiger charge is -2.13. The fraction of sp³-hybridized carbons (Fsp3) is 0.933. The molecule has 1 aliphatic rings. The summed E-state index contributed by atoms with van der Waals surface area (Å²) in [6.45, 7) is 13.7. The summed E-state index contributed by atoms with van der Waals surface area (Å²) in [6.07, 6.45) is 3.62. The van der Waals surface area contributed by atoms with Crippen LogP contribution in [0.4, 0.5) is 0 Å². The molecular weight excluding hydrogens is 256 g/mol. The van der Waals surface area contributed by atoms with Crippen LogP contribution in [0.3, 0.4) is 0 Å². The average Bonchev–Trinajstić information content (AvgIpc) is 2.64. The van der Waals surface area contributed by atoms with E-state index >= 15 is 0 Å². The van der Waals surface area contributed by atoms with E-state index in [-0.39, 0.29) is 0 Å². The van der Waals surface area contributed by atoms with E-state index in [0.717, 1.165) is 43.1 Å². The van der Waals surface area contributed by atoms with Gasteiger partial charge in [0.2, 0.25) is 0 Å². The standard InChI is InChI=1S/C8H16O.C5H12N2S.C2H6/c1-7-3-5-9-6-4-8(7)2;1-3-4-7-5(8)6-2;1-2/h7-8H,3-6H2,1-2H3;3-4H2,1-2H3,(H2,6,7,8);1-2H3. The van der Waals surface area contributed by atoms with Gasteiger partial charge in [-0.3, -0.25) is 0 Å². The Kier molecular flexibility index (Phi) is 17.3. The molecule has 4 heteroatoms. The van der Waals surface area contributed by atoms with Crippen molar-refractivity contribution in [1.82, 2.24) is 10.6 Å². The highest BCUT2D eigenvalue weighted by atomic mass is 32.1. The van der Waals surface area contributed by atoms with Gasteiger partial charge in [-0.2, -0.15) is 0 Å². The van der Waals surface area contributed by atoms with Crippen molar-refractivity contribution in [2.24, 2.45) is 11.8 Å². The highest BCUT2D eigenvalue weighted by Gasteiger charge is 2.14. The second-order valence-electron chi connectivity index (χ2n) is 4.65. The van der Waals surface area contributed by atoms with Gasteiger partial charge in [-0.1, -0.05) is 34.6 Å². The zero-order valence-electron chi connectivity index (χ0n) is 13.7. The number of thiocarbonyl (C=S) groups is 1. The average molecular weight is 291 g/mol. The first-order chi connectivity index (χ1) is 9.11. The minimum Gasteiger partial charge on any atom is -0.381 e. The van der Waals surface area contributed by atoms with Crippen LogP contribution in [0.25, 0.3) is 0 Å². The summed E-state index contributed by atoms with van der Waals surface area (Å²) in [4.78, 5) is 0. The molecule has 3 nitrogen and oxygen atoms in total. The van der Waals surface area contributed by atoms with Crippen LogP contribution < -0.4 is 10.6 Å². The first-order valence-corrected chi connectivity index (χ1v) is 8.05. The number of hydrogen-bond acceptors (Lipinski definition) is 2. The SMILES string of the molecule is CC.CC1CCOCCC1C.CCCNC(=S)NC. The molecule has 0 bridgehead atoms. The largest absolute Gasteiger partial charge is 0.381 e. The first kappa shape index (κ1) is 21.0. The van der Waals surface area contributed by atoms with Gasteiger partial charge in [-0.05, 0) is 43.3 Å². The number of rotatable bonds is 2. The van der Waals surface area contributed by atoms with E-state index in [1.165, 1.54) is 12.8 Å². The molecule has 1 rings (SSSR count). The van der Waals surface area contributed by atoms with Gasteiger partial charge in [0, 0.05) is 26.8 Å². The van der Waals surface area contributed by atoms with Gasteiger partial charge < -0.3 is 15.4 Å². The summed E-state index contributed by atoms with van der Waals surface area (Å²) in [5.41, 5.74) is 0. The van der Waals surface area contributed by atoms with E-state index in [0.29, 0.717) is 0 Å². The Hall–Kier alpha value is -0.350. The topological polar surface area (TPSA) is 33.3 Å². The predicted molar refractivity (Wildman–Crippen MR) is 89.7 cm³/mol. The summed E-state index contributed by atoms with van der Waals surface area (Å²) < 4.78 is 5.34. The van der Waals surface area contributed by atoms with Crippen molar-refractivity contribution in [3.63, 3.8) is 0 Å². The molecule has 116 valence electrons. The maximum absolute atomic E-state index is 5.34. The van der Waals surface area contributed by atoms with Crippen LogP contribution in [0.1, 0.15) is 53.9 Å². The van der Waals surface area contributed by atoms with Crippen molar-refractivity contribution in [3.05, 3.63) is 0 Å². The molecule has 2 unspecified atom stereocenters. The zero-order chi connectivity index (χ0) is 15.1. The molecular formula is C15H34N2OS. The smallest absolute Gasteiger partial charge is 0.166 e. The Morgan fingerprint density at radius 2 is 1.63 bits per heavy atom. The molecule has 0 aromatic rings. The molecule has 1 heterocycles. The number of nitrogens with one attached hydrogen (secondary N) is 2. The molecule has 0 aromatic heterocycles. The van der Waals surface area contributed by atoms with Crippen molar-refractivity contribution < 1.29 is 4.74 Å². The highest BCUT2D eigenvalue weighted by Crippen LogP contribution is 2.21. The molecule has 0 aromatic carbocycles. The molecule has 0 radical (unpaired) electrons. The summed E-state index contributed by atoms with van der Waals surface area (Å²) in [5.74, 6) is 1.74. The Morgan fingerprint density at radius 3 is 2.00 bits per heavy atom. The lowest BCUT2D eigenvalue weighted by molar-refractivity contribution is 0.141.